The van der Waals surface area contributed by atoms with Crippen LogP contribution in [0.25, 0.3) is 0 Å². The van der Waals surface area contributed by atoms with Crippen molar-refractivity contribution in [3.05, 3.63) is 10.9 Å². The minimum atomic E-state index is 0.565. The van der Waals surface area contributed by atoms with Gasteiger partial charge in [-0.1, -0.05) is 0 Å². The summed E-state index contributed by atoms with van der Waals surface area (Å²) in [5.74, 6) is 0. The van der Waals surface area contributed by atoms with Crippen LogP contribution in [0.15, 0.2) is 10.9 Å². The van der Waals surface area contributed by atoms with E-state index < -0.39 is 0 Å². The molecule has 0 aliphatic carbocycles. The quantitative estimate of drug-likeness (QED) is 0.463. The molecule has 0 amide bonds. The summed E-state index contributed by atoms with van der Waals surface area (Å²) in [6.07, 6.45) is 7.89. The van der Waals surface area contributed by atoms with Gasteiger partial charge in [0.15, 0.2) is 0 Å². The Morgan fingerprint density at radius 2 is 2.22 bits per heavy atom. The topological polar surface area (TPSA) is 0 Å². The molecule has 0 saturated carbocycles. The Hall–Kier alpha value is 0.168. The maximum absolute atomic E-state index is 2.33. The van der Waals surface area contributed by atoms with Crippen molar-refractivity contribution in [1.29, 1.82) is 0 Å². The number of hydrogen-bond donors (Lipinski definition) is 0. The van der Waals surface area contributed by atoms with Crippen LogP contribution in [0.3, 0.4) is 0 Å². The summed E-state index contributed by atoms with van der Waals surface area (Å²) in [6, 6.07) is 0. The van der Waals surface area contributed by atoms with Crippen molar-refractivity contribution in [3.63, 3.8) is 0 Å². The van der Waals surface area contributed by atoms with Gasteiger partial charge in [-0.2, -0.15) is 0 Å². The van der Waals surface area contributed by atoms with Gasteiger partial charge < -0.3 is 0 Å². The van der Waals surface area contributed by atoms with Gasteiger partial charge in [-0.15, -0.1) is 0 Å². The van der Waals surface area contributed by atoms with Crippen molar-refractivity contribution in [1.82, 2.24) is 0 Å². The number of unbranched alkanes of at least 4 members (excludes halogenated alkanes) is 2. The minimum absolute atomic E-state index is 0.565. The molecule has 0 atom stereocenters. The summed E-state index contributed by atoms with van der Waals surface area (Å²) < 4.78 is 1.75. The fourth-order valence-electron chi connectivity index (χ4n) is 0.884. The third-order valence-electron chi connectivity index (χ3n) is 1.54. The van der Waals surface area contributed by atoms with E-state index in [0.717, 1.165) is 0 Å². The molecule has 1 aliphatic rings. The van der Waals surface area contributed by atoms with Crippen LogP contribution < -0.4 is 0 Å². The van der Waals surface area contributed by atoms with Gasteiger partial charge in [0.2, 0.25) is 0 Å². The van der Waals surface area contributed by atoms with Crippen molar-refractivity contribution in [2.45, 2.75) is 32.6 Å². The van der Waals surface area contributed by atoms with Crippen LogP contribution in [0.2, 0.25) is 0 Å². The fraction of sp³-hybridized carbons (Fsp3) is 0.625. The number of hydrogen-bond acceptors (Lipinski definition) is 0. The molecular formula is C8H13As. The van der Waals surface area contributed by atoms with Crippen molar-refractivity contribution in [2.24, 2.45) is 0 Å². The molecule has 9 heavy (non-hydrogen) atoms. The molecule has 0 N–H and O–H groups in total. The van der Waals surface area contributed by atoms with Gasteiger partial charge in [-0.3, -0.25) is 0 Å². The summed E-state index contributed by atoms with van der Waals surface area (Å²) in [6.45, 7) is 2.26. The van der Waals surface area contributed by atoms with Gasteiger partial charge >= 0.3 is 63.2 Å². The van der Waals surface area contributed by atoms with Crippen LogP contribution in [0.1, 0.15) is 32.6 Å². The Morgan fingerprint density at radius 3 is 2.67 bits per heavy atom. The third kappa shape index (κ3) is 2.49. The molecule has 0 nitrogen and oxygen atoms in total. The van der Waals surface area contributed by atoms with Crippen molar-refractivity contribution >= 4 is 19.6 Å². The fourth-order valence-corrected chi connectivity index (χ4v) is 2.24. The second kappa shape index (κ2) is 4.06. The number of rotatable bonds is 4. The van der Waals surface area contributed by atoms with E-state index in [1.165, 1.54) is 25.7 Å². The SMILES string of the molecule is CCCCCC1=[As]C=C1. The molecular weight excluding hydrogens is 171 g/mol. The summed E-state index contributed by atoms with van der Waals surface area (Å²) in [7, 11) is 0. The zero-order chi connectivity index (χ0) is 6.53. The Labute approximate surface area is 63.6 Å². The molecule has 0 fully saturated rings. The molecule has 0 aromatic heterocycles. The second-order valence-electron chi connectivity index (χ2n) is 2.39. The monoisotopic (exact) mass is 184 g/mol. The van der Waals surface area contributed by atoms with Crippen LogP contribution in [0, 0.1) is 0 Å². The molecule has 0 spiro atoms. The van der Waals surface area contributed by atoms with Gasteiger partial charge in [0.1, 0.15) is 0 Å². The normalized spacial score (nSPS) is 16.8. The molecule has 1 rings (SSSR count). The molecule has 0 saturated heterocycles. The van der Waals surface area contributed by atoms with Gasteiger partial charge in [-0.05, 0) is 0 Å². The van der Waals surface area contributed by atoms with E-state index in [1.807, 2.05) is 0 Å². The Kier molecular flexibility index (Phi) is 3.28. The van der Waals surface area contributed by atoms with Gasteiger partial charge in [0, 0.05) is 0 Å². The first kappa shape index (κ1) is 7.28. The first-order valence-corrected chi connectivity index (χ1v) is 5.69. The summed E-state index contributed by atoms with van der Waals surface area (Å²) >= 11 is 0.565. The van der Waals surface area contributed by atoms with E-state index in [4.69, 9.17) is 0 Å². The van der Waals surface area contributed by atoms with E-state index in [1.54, 1.807) is 4.30 Å². The van der Waals surface area contributed by atoms with Gasteiger partial charge in [0.25, 0.3) is 0 Å². The standard InChI is InChI=1S/C8H13As/c1-2-3-4-5-8-6-7-9-8/h6-7H,2-5H2,1H3. The Bertz CT molecular complexity index is 134. The van der Waals surface area contributed by atoms with Gasteiger partial charge in [0.05, 0.1) is 0 Å². The number of allylic oxidation sites excluding steroid dienone is 1. The van der Waals surface area contributed by atoms with Crippen LogP contribution in [0.5, 0.6) is 0 Å². The zero-order valence-corrected chi connectivity index (χ0v) is 7.81. The van der Waals surface area contributed by atoms with E-state index in [0.29, 0.717) is 15.3 Å². The molecule has 0 bridgehead atoms. The molecule has 1 heterocycles. The van der Waals surface area contributed by atoms with Crippen LogP contribution in [-0.4, -0.2) is 19.6 Å². The average Bonchev–Trinajstić information content (AvgIpc) is 1.76. The first-order valence-electron chi connectivity index (χ1n) is 3.66. The van der Waals surface area contributed by atoms with Gasteiger partial charge in [-0.25, -0.2) is 0 Å². The summed E-state index contributed by atoms with van der Waals surface area (Å²) in [5.41, 5.74) is 0. The first-order chi connectivity index (χ1) is 4.43. The van der Waals surface area contributed by atoms with Crippen LogP contribution >= 0.6 is 0 Å². The van der Waals surface area contributed by atoms with E-state index in [-0.39, 0.29) is 0 Å². The van der Waals surface area contributed by atoms with Crippen molar-refractivity contribution < 1.29 is 0 Å². The van der Waals surface area contributed by atoms with E-state index in [2.05, 4.69) is 17.9 Å². The molecule has 1 heteroatoms. The predicted molar refractivity (Wildman–Crippen MR) is 44.0 cm³/mol. The predicted octanol–water partition coefficient (Wildman–Crippen LogP) is 1.97. The zero-order valence-electron chi connectivity index (χ0n) is 5.93. The Morgan fingerprint density at radius 1 is 1.44 bits per heavy atom. The molecule has 0 aromatic carbocycles. The van der Waals surface area contributed by atoms with Crippen molar-refractivity contribution in [2.75, 3.05) is 0 Å². The third-order valence-corrected chi connectivity index (χ3v) is 3.65. The van der Waals surface area contributed by atoms with Crippen LogP contribution in [-0.2, 0) is 0 Å². The average molecular weight is 184 g/mol. The van der Waals surface area contributed by atoms with E-state index in [9.17, 15) is 0 Å². The summed E-state index contributed by atoms with van der Waals surface area (Å²) in [4.78, 5) is 2.33. The molecule has 1 aliphatic heterocycles. The molecule has 50 valence electrons. The molecule has 0 unspecified atom stereocenters. The second-order valence-corrected chi connectivity index (χ2v) is 4.77. The summed E-state index contributed by atoms with van der Waals surface area (Å²) in [5, 5.41) is 0. The molecule has 0 radical (unpaired) electrons. The van der Waals surface area contributed by atoms with Crippen molar-refractivity contribution in [3.8, 4) is 0 Å². The van der Waals surface area contributed by atoms with Crippen LogP contribution in [0.4, 0.5) is 0 Å². The Balaban J connectivity index is 1.93. The molecule has 0 aromatic rings. The maximum atomic E-state index is 2.33. The van der Waals surface area contributed by atoms with E-state index >= 15 is 0 Å².